The van der Waals surface area contributed by atoms with E-state index in [1.54, 1.807) is 18.2 Å². The Kier molecular flexibility index (Phi) is 3.05. The highest BCUT2D eigenvalue weighted by molar-refractivity contribution is 7.89. The number of hydrogen-bond donors (Lipinski definition) is 2. The van der Waals surface area contributed by atoms with Gasteiger partial charge in [-0.3, -0.25) is 0 Å². The summed E-state index contributed by atoms with van der Waals surface area (Å²) < 4.78 is 27.0. The number of hydrogen-bond acceptors (Lipinski definition) is 3. The van der Waals surface area contributed by atoms with Crippen molar-refractivity contribution in [2.75, 3.05) is 0 Å². The molecule has 0 atom stereocenters. The summed E-state index contributed by atoms with van der Waals surface area (Å²) in [6, 6.07) is 12.6. The van der Waals surface area contributed by atoms with Gasteiger partial charge in [-0.25, -0.2) is 13.1 Å². The highest BCUT2D eigenvalue weighted by atomic mass is 32.2. The van der Waals surface area contributed by atoms with E-state index >= 15 is 0 Å². The zero-order valence-electron chi connectivity index (χ0n) is 10.3. The van der Waals surface area contributed by atoms with Crippen molar-refractivity contribution < 1.29 is 13.5 Å². The van der Waals surface area contributed by atoms with Crippen molar-refractivity contribution in [1.82, 2.24) is 4.72 Å². The van der Waals surface area contributed by atoms with Crippen LogP contribution >= 0.6 is 0 Å². The first-order valence-corrected chi connectivity index (χ1v) is 7.72. The summed E-state index contributed by atoms with van der Waals surface area (Å²) in [6.07, 6.45) is 0.615. The molecule has 2 aromatic carbocycles. The van der Waals surface area contributed by atoms with E-state index in [1.165, 1.54) is 0 Å². The Morgan fingerprint density at radius 2 is 1.74 bits per heavy atom. The Hall–Kier alpha value is -1.43. The first-order valence-electron chi connectivity index (χ1n) is 6.24. The van der Waals surface area contributed by atoms with Crippen molar-refractivity contribution in [3.63, 3.8) is 0 Å². The van der Waals surface area contributed by atoms with Crippen LogP contribution in [0.25, 0.3) is 10.8 Å². The lowest BCUT2D eigenvalue weighted by Gasteiger charge is -2.31. The van der Waals surface area contributed by atoms with E-state index in [0.29, 0.717) is 12.8 Å². The molecular weight excluding hydrogens is 262 g/mol. The zero-order chi connectivity index (χ0) is 13.5. The second-order valence-corrected chi connectivity index (χ2v) is 6.67. The van der Waals surface area contributed by atoms with E-state index < -0.39 is 10.0 Å². The van der Waals surface area contributed by atoms with E-state index in [0.717, 1.165) is 10.8 Å². The molecule has 3 rings (SSSR count). The lowest BCUT2D eigenvalue weighted by molar-refractivity contribution is 0.0712. The van der Waals surface area contributed by atoms with Gasteiger partial charge in [-0.1, -0.05) is 30.3 Å². The molecule has 1 aliphatic rings. The van der Waals surface area contributed by atoms with Crippen LogP contribution in [0.5, 0.6) is 0 Å². The van der Waals surface area contributed by atoms with E-state index in [2.05, 4.69) is 4.72 Å². The second-order valence-electron chi connectivity index (χ2n) is 4.95. The highest BCUT2D eigenvalue weighted by Crippen LogP contribution is 2.23. The Morgan fingerprint density at radius 1 is 1.05 bits per heavy atom. The third-order valence-electron chi connectivity index (χ3n) is 3.47. The molecule has 0 aliphatic heterocycles. The Morgan fingerprint density at radius 3 is 2.42 bits per heavy atom. The van der Waals surface area contributed by atoms with Gasteiger partial charge in [0.2, 0.25) is 10.0 Å². The van der Waals surface area contributed by atoms with Gasteiger partial charge in [0.15, 0.2) is 0 Å². The quantitative estimate of drug-likeness (QED) is 0.896. The largest absolute Gasteiger partial charge is 0.393 e. The maximum Gasteiger partial charge on any atom is 0.240 e. The van der Waals surface area contributed by atoms with Gasteiger partial charge in [0.05, 0.1) is 11.0 Å². The first kappa shape index (κ1) is 12.6. The third-order valence-corrected chi connectivity index (χ3v) is 4.98. The number of nitrogens with one attached hydrogen (secondary N) is 1. The maximum absolute atomic E-state index is 12.2. The van der Waals surface area contributed by atoms with Crippen LogP contribution in [0.3, 0.4) is 0 Å². The van der Waals surface area contributed by atoms with Crippen molar-refractivity contribution in [3.05, 3.63) is 42.5 Å². The fraction of sp³-hybridized carbons (Fsp3) is 0.286. The number of fused-ring (bicyclic) bond motifs is 1. The van der Waals surface area contributed by atoms with Crippen molar-refractivity contribution in [2.24, 2.45) is 0 Å². The smallest absolute Gasteiger partial charge is 0.240 e. The minimum absolute atomic E-state index is 0.147. The molecule has 4 nitrogen and oxygen atoms in total. The van der Waals surface area contributed by atoms with Crippen LogP contribution in [0.4, 0.5) is 0 Å². The zero-order valence-corrected chi connectivity index (χ0v) is 11.1. The average molecular weight is 277 g/mol. The van der Waals surface area contributed by atoms with Crippen molar-refractivity contribution in [3.8, 4) is 0 Å². The molecule has 2 aromatic rings. The first-order chi connectivity index (χ1) is 9.04. The van der Waals surface area contributed by atoms with Crippen LogP contribution in [-0.4, -0.2) is 25.7 Å². The molecule has 0 spiro atoms. The fourth-order valence-electron chi connectivity index (χ4n) is 2.31. The predicted octanol–water partition coefficient (Wildman–Crippen LogP) is 1.64. The fourth-order valence-corrected chi connectivity index (χ4v) is 3.60. The maximum atomic E-state index is 12.2. The number of sulfonamides is 1. The standard InChI is InChI=1S/C14H15NO3S/c16-13-8-12(9-13)15-19(17,18)14-6-5-10-3-1-2-4-11(10)7-14/h1-7,12-13,15-16H,8-9H2. The van der Waals surface area contributed by atoms with Gasteiger partial charge in [0, 0.05) is 6.04 Å². The van der Waals surface area contributed by atoms with Crippen molar-refractivity contribution >= 4 is 20.8 Å². The molecule has 0 saturated heterocycles. The third kappa shape index (κ3) is 2.49. The summed E-state index contributed by atoms with van der Waals surface area (Å²) in [5, 5.41) is 11.1. The summed E-state index contributed by atoms with van der Waals surface area (Å²) in [5.41, 5.74) is 0. The van der Waals surface area contributed by atoms with E-state index in [-0.39, 0.29) is 17.0 Å². The van der Waals surface area contributed by atoms with Gasteiger partial charge in [-0.2, -0.15) is 0 Å². The number of aliphatic hydroxyl groups excluding tert-OH is 1. The normalized spacial score (nSPS) is 23.2. The molecule has 1 fully saturated rings. The monoisotopic (exact) mass is 277 g/mol. The SMILES string of the molecule is O=S(=O)(NC1CC(O)C1)c1ccc2ccccc2c1. The van der Waals surface area contributed by atoms with Gasteiger partial charge in [0.1, 0.15) is 0 Å². The number of rotatable bonds is 3. The molecule has 19 heavy (non-hydrogen) atoms. The Bertz CT molecular complexity index is 705. The second kappa shape index (κ2) is 4.59. The number of benzene rings is 2. The number of aliphatic hydroxyl groups is 1. The van der Waals surface area contributed by atoms with Crippen molar-refractivity contribution in [2.45, 2.75) is 29.9 Å². The van der Waals surface area contributed by atoms with Crippen LogP contribution in [-0.2, 0) is 10.0 Å². The highest BCUT2D eigenvalue weighted by Gasteiger charge is 2.31. The summed E-state index contributed by atoms with van der Waals surface area (Å²) in [6.45, 7) is 0. The topological polar surface area (TPSA) is 66.4 Å². The lowest BCUT2D eigenvalue weighted by Crippen LogP contribution is -2.46. The lowest BCUT2D eigenvalue weighted by atomic mass is 9.91. The van der Waals surface area contributed by atoms with E-state index in [9.17, 15) is 13.5 Å². The van der Waals surface area contributed by atoms with Crippen LogP contribution in [0.2, 0.25) is 0 Å². The van der Waals surface area contributed by atoms with Crippen LogP contribution in [0, 0.1) is 0 Å². The van der Waals surface area contributed by atoms with Gasteiger partial charge in [-0.15, -0.1) is 0 Å². The molecule has 100 valence electrons. The summed E-state index contributed by atoms with van der Waals surface area (Å²) >= 11 is 0. The Labute approximate surface area is 112 Å². The molecule has 1 saturated carbocycles. The van der Waals surface area contributed by atoms with Gasteiger partial charge in [0.25, 0.3) is 0 Å². The molecule has 5 heteroatoms. The van der Waals surface area contributed by atoms with E-state index in [1.807, 2.05) is 24.3 Å². The molecule has 0 radical (unpaired) electrons. The molecule has 0 unspecified atom stereocenters. The van der Waals surface area contributed by atoms with Crippen LogP contribution in [0.15, 0.2) is 47.4 Å². The molecule has 2 N–H and O–H groups in total. The van der Waals surface area contributed by atoms with Crippen LogP contribution < -0.4 is 4.72 Å². The van der Waals surface area contributed by atoms with Crippen LogP contribution in [0.1, 0.15) is 12.8 Å². The van der Waals surface area contributed by atoms with Gasteiger partial charge in [-0.05, 0) is 35.7 Å². The summed E-state index contributed by atoms with van der Waals surface area (Å²) in [7, 11) is -3.50. The predicted molar refractivity (Wildman–Crippen MR) is 73.3 cm³/mol. The van der Waals surface area contributed by atoms with E-state index in [4.69, 9.17) is 0 Å². The molecule has 0 amide bonds. The summed E-state index contributed by atoms with van der Waals surface area (Å²) in [5.74, 6) is 0. The Balaban J connectivity index is 1.90. The molecule has 0 heterocycles. The van der Waals surface area contributed by atoms with Crippen molar-refractivity contribution in [1.29, 1.82) is 0 Å². The average Bonchev–Trinajstić information content (AvgIpc) is 2.36. The van der Waals surface area contributed by atoms with Gasteiger partial charge >= 0.3 is 0 Å². The molecule has 0 aromatic heterocycles. The summed E-state index contributed by atoms with van der Waals surface area (Å²) in [4.78, 5) is 0.271. The molecular formula is C14H15NO3S. The minimum atomic E-state index is -3.50. The molecule has 1 aliphatic carbocycles. The van der Waals surface area contributed by atoms with Gasteiger partial charge < -0.3 is 5.11 Å². The molecule has 0 bridgehead atoms. The minimum Gasteiger partial charge on any atom is -0.393 e.